The van der Waals surface area contributed by atoms with Crippen molar-refractivity contribution in [2.45, 2.75) is 32.2 Å². The Morgan fingerprint density at radius 3 is 2.38 bits per heavy atom. The van der Waals surface area contributed by atoms with Crippen LogP contribution in [0.4, 0.5) is 0 Å². The summed E-state index contributed by atoms with van der Waals surface area (Å²) in [5.41, 5.74) is 2.53. The highest BCUT2D eigenvalue weighted by Crippen LogP contribution is 2.30. The fraction of sp³-hybridized carbons (Fsp3) is 0.333. The number of carboxylic acids is 1. The molecule has 0 unspecified atom stereocenters. The summed E-state index contributed by atoms with van der Waals surface area (Å²) < 4.78 is 5.18. The molecule has 5 nitrogen and oxygen atoms in total. The molecule has 1 aliphatic heterocycles. The minimum absolute atomic E-state index is 0.0362. The van der Waals surface area contributed by atoms with Crippen molar-refractivity contribution in [2.75, 3.05) is 13.7 Å². The Balaban J connectivity index is 1.83. The number of fused-ring (bicyclic) bond motifs is 1. The van der Waals surface area contributed by atoms with Gasteiger partial charge in [0.15, 0.2) is 0 Å². The lowest BCUT2D eigenvalue weighted by Gasteiger charge is -2.35. The molecule has 26 heavy (non-hydrogen) atoms. The minimum Gasteiger partial charge on any atom is -0.497 e. The number of methoxy groups -OCH3 is 1. The molecule has 0 aromatic heterocycles. The number of hydrogen-bond acceptors (Lipinski definition) is 3. The summed E-state index contributed by atoms with van der Waals surface area (Å²) in [6, 6.07) is 12.7. The number of rotatable bonds is 4. The maximum Gasteiger partial charge on any atom is 0.335 e. The lowest BCUT2D eigenvalue weighted by molar-refractivity contribution is -0.137. The van der Waals surface area contributed by atoms with Crippen molar-refractivity contribution in [1.82, 2.24) is 4.90 Å². The number of benzene rings is 2. The lowest BCUT2D eigenvalue weighted by atomic mass is 9.82. The third kappa shape index (κ3) is 3.29. The third-order valence-corrected chi connectivity index (χ3v) is 5.10. The molecule has 0 spiro atoms. The van der Waals surface area contributed by atoms with Gasteiger partial charge < -0.3 is 14.7 Å². The molecule has 2 aromatic carbocycles. The van der Waals surface area contributed by atoms with E-state index in [0.717, 1.165) is 28.9 Å². The fourth-order valence-corrected chi connectivity index (χ4v) is 3.39. The van der Waals surface area contributed by atoms with Crippen LogP contribution in [0.1, 0.15) is 40.9 Å². The average Bonchev–Trinajstić information content (AvgIpc) is 2.66. The summed E-state index contributed by atoms with van der Waals surface area (Å²) in [5, 5.41) is 9.19. The van der Waals surface area contributed by atoms with E-state index in [0.29, 0.717) is 13.1 Å². The number of carboxylic acid groups (broad SMARTS) is 1. The Hall–Kier alpha value is -2.82. The smallest absolute Gasteiger partial charge is 0.335 e. The molecule has 1 N–H and O–H groups in total. The molecule has 0 fully saturated rings. The van der Waals surface area contributed by atoms with Gasteiger partial charge in [-0.2, -0.15) is 0 Å². The fourth-order valence-electron chi connectivity index (χ4n) is 3.39. The van der Waals surface area contributed by atoms with Crippen molar-refractivity contribution in [1.29, 1.82) is 0 Å². The maximum absolute atomic E-state index is 13.2. The Kier molecular flexibility index (Phi) is 4.72. The van der Waals surface area contributed by atoms with Crippen LogP contribution < -0.4 is 4.74 Å². The summed E-state index contributed by atoms with van der Waals surface area (Å²) in [4.78, 5) is 26.2. The van der Waals surface area contributed by atoms with Crippen molar-refractivity contribution in [3.05, 3.63) is 64.7 Å². The van der Waals surface area contributed by atoms with Gasteiger partial charge in [0.2, 0.25) is 5.91 Å². The molecule has 3 rings (SSSR count). The molecule has 0 saturated heterocycles. The Morgan fingerprint density at radius 2 is 1.77 bits per heavy atom. The van der Waals surface area contributed by atoms with Gasteiger partial charge in [-0.1, -0.05) is 18.2 Å². The van der Waals surface area contributed by atoms with E-state index in [1.54, 1.807) is 19.2 Å². The highest BCUT2D eigenvalue weighted by Gasteiger charge is 2.35. The van der Waals surface area contributed by atoms with Crippen LogP contribution in [0, 0.1) is 0 Å². The molecule has 1 aliphatic rings. The van der Waals surface area contributed by atoms with Crippen LogP contribution in [0.15, 0.2) is 42.5 Å². The molecule has 136 valence electrons. The van der Waals surface area contributed by atoms with Crippen molar-refractivity contribution in [3.63, 3.8) is 0 Å². The lowest BCUT2D eigenvalue weighted by Crippen LogP contribution is -2.45. The largest absolute Gasteiger partial charge is 0.497 e. The first-order chi connectivity index (χ1) is 12.3. The van der Waals surface area contributed by atoms with E-state index in [4.69, 9.17) is 4.74 Å². The van der Waals surface area contributed by atoms with Gasteiger partial charge in [-0.25, -0.2) is 4.79 Å². The zero-order valence-corrected chi connectivity index (χ0v) is 15.3. The highest BCUT2D eigenvalue weighted by atomic mass is 16.5. The van der Waals surface area contributed by atoms with Gasteiger partial charge in [0, 0.05) is 13.1 Å². The van der Waals surface area contributed by atoms with E-state index < -0.39 is 11.4 Å². The molecule has 5 heteroatoms. The van der Waals surface area contributed by atoms with Gasteiger partial charge in [0.05, 0.1) is 18.1 Å². The maximum atomic E-state index is 13.2. The average molecular weight is 353 g/mol. The number of hydrogen-bond donors (Lipinski definition) is 1. The van der Waals surface area contributed by atoms with Crippen LogP contribution in [0.2, 0.25) is 0 Å². The van der Waals surface area contributed by atoms with Crippen molar-refractivity contribution >= 4 is 11.9 Å². The van der Waals surface area contributed by atoms with E-state index in [9.17, 15) is 14.7 Å². The van der Waals surface area contributed by atoms with Crippen LogP contribution in [-0.2, 0) is 23.2 Å². The van der Waals surface area contributed by atoms with Crippen molar-refractivity contribution in [2.24, 2.45) is 0 Å². The van der Waals surface area contributed by atoms with Crippen LogP contribution in [0.25, 0.3) is 0 Å². The summed E-state index contributed by atoms with van der Waals surface area (Å²) in [6.45, 7) is 4.91. The summed E-state index contributed by atoms with van der Waals surface area (Å²) in [6.07, 6.45) is 0.736. The Labute approximate surface area is 153 Å². The van der Waals surface area contributed by atoms with E-state index in [1.165, 1.54) is 0 Å². The molecular formula is C21H23NO4. The second-order valence-corrected chi connectivity index (χ2v) is 7.12. The van der Waals surface area contributed by atoms with E-state index in [2.05, 4.69) is 0 Å². The number of aromatic carboxylic acids is 1. The zero-order chi connectivity index (χ0) is 18.9. The Morgan fingerprint density at radius 1 is 1.08 bits per heavy atom. The molecule has 0 radical (unpaired) electrons. The number of nitrogens with zero attached hydrogens (tertiary/aromatic N) is 1. The second-order valence-electron chi connectivity index (χ2n) is 7.12. The van der Waals surface area contributed by atoms with E-state index >= 15 is 0 Å². The quantitative estimate of drug-likeness (QED) is 0.916. The van der Waals surface area contributed by atoms with Gasteiger partial charge in [0.25, 0.3) is 0 Å². The summed E-state index contributed by atoms with van der Waals surface area (Å²) >= 11 is 0. The first kappa shape index (κ1) is 18.0. The summed E-state index contributed by atoms with van der Waals surface area (Å²) in [5.74, 6) is -0.158. The third-order valence-electron chi connectivity index (χ3n) is 5.10. The van der Waals surface area contributed by atoms with Crippen LogP contribution in [-0.4, -0.2) is 35.5 Å². The standard InChI is InChI=1S/C21H23NO4/c1-21(2,17-6-8-18(26-3)9-7-17)20(25)22-11-10-14-4-5-15(19(23)24)12-16(14)13-22/h4-9,12H,10-11,13H2,1-3H3,(H,23,24). The van der Waals surface area contributed by atoms with Gasteiger partial charge in [-0.15, -0.1) is 0 Å². The minimum atomic E-state index is -0.949. The van der Waals surface area contributed by atoms with Crippen LogP contribution in [0.3, 0.4) is 0 Å². The van der Waals surface area contributed by atoms with E-state index in [-0.39, 0.29) is 11.5 Å². The SMILES string of the molecule is COc1ccc(C(C)(C)C(=O)N2CCc3ccc(C(=O)O)cc3C2)cc1. The molecule has 1 amide bonds. The molecular weight excluding hydrogens is 330 g/mol. The topological polar surface area (TPSA) is 66.8 Å². The van der Waals surface area contributed by atoms with Gasteiger partial charge in [-0.3, -0.25) is 4.79 Å². The number of amides is 1. The van der Waals surface area contributed by atoms with Crippen molar-refractivity contribution < 1.29 is 19.4 Å². The zero-order valence-electron chi connectivity index (χ0n) is 15.3. The van der Waals surface area contributed by atoms with Crippen LogP contribution >= 0.6 is 0 Å². The number of ether oxygens (including phenoxy) is 1. The normalized spacial score (nSPS) is 13.9. The van der Waals surface area contributed by atoms with Crippen LogP contribution in [0.5, 0.6) is 5.75 Å². The molecule has 2 aromatic rings. The Bertz CT molecular complexity index is 840. The molecule has 1 heterocycles. The highest BCUT2D eigenvalue weighted by molar-refractivity contribution is 5.89. The molecule has 0 saturated carbocycles. The second kappa shape index (κ2) is 6.83. The first-order valence-electron chi connectivity index (χ1n) is 8.62. The first-order valence-corrected chi connectivity index (χ1v) is 8.62. The summed E-state index contributed by atoms with van der Waals surface area (Å²) in [7, 11) is 1.61. The predicted octanol–water partition coefficient (Wildman–Crippen LogP) is 3.26. The van der Waals surface area contributed by atoms with Gasteiger partial charge in [-0.05, 0) is 61.2 Å². The molecule has 0 atom stereocenters. The predicted molar refractivity (Wildman–Crippen MR) is 98.5 cm³/mol. The van der Waals surface area contributed by atoms with E-state index in [1.807, 2.05) is 49.1 Å². The monoisotopic (exact) mass is 353 g/mol. The number of carbonyl (C=O) groups is 2. The number of carbonyl (C=O) groups excluding carboxylic acids is 1. The van der Waals surface area contributed by atoms with Gasteiger partial charge in [0.1, 0.15) is 5.75 Å². The van der Waals surface area contributed by atoms with Crippen molar-refractivity contribution in [3.8, 4) is 5.75 Å². The molecule has 0 bridgehead atoms. The van der Waals surface area contributed by atoms with Gasteiger partial charge >= 0.3 is 5.97 Å². The molecule has 0 aliphatic carbocycles.